The van der Waals surface area contributed by atoms with Gasteiger partial charge >= 0.3 is 5.97 Å². The topological polar surface area (TPSA) is 163 Å². The average molecular weight is 580 g/mol. The van der Waals surface area contributed by atoms with Gasteiger partial charge in [0.2, 0.25) is 23.6 Å². The molecule has 3 atom stereocenters. The Morgan fingerprint density at radius 3 is 1.98 bits per heavy atom. The molecular formula is C27H38ClN5O7. The molecule has 3 unspecified atom stereocenters. The molecule has 0 spiro atoms. The lowest BCUT2D eigenvalue weighted by Gasteiger charge is -2.32. The third-order valence-corrected chi connectivity index (χ3v) is 6.81. The first-order valence-corrected chi connectivity index (χ1v) is 13.3. The number of benzene rings is 1. The van der Waals surface area contributed by atoms with Crippen molar-refractivity contribution in [3.8, 4) is 0 Å². The quantitative estimate of drug-likeness (QED) is 0.299. The number of halogens is 1. The molecule has 1 heterocycles. The molecule has 2 rings (SSSR count). The van der Waals surface area contributed by atoms with Crippen LogP contribution in [0.15, 0.2) is 24.3 Å². The van der Waals surface area contributed by atoms with Crippen molar-refractivity contribution in [3.63, 3.8) is 0 Å². The minimum Gasteiger partial charge on any atom is -0.467 e. The third kappa shape index (κ3) is 8.17. The van der Waals surface area contributed by atoms with Gasteiger partial charge in [-0.05, 0) is 78.6 Å². The predicted octanol–water partition coefficient (Wildman–Crippen LogP) is 0.917. The van der Waals surface area contributed by atoms with Gasteiger partial charge in [0.15, 0.2) is 0 Å². The number of esters is 1. The Balaban J connectivity index is 1.98. The van der Waals surface area contributed by atoms with Gasteiger partial charge in [0.1, 0.15) is 29.2 Å². The molecule has 13 heteroatoms. The molecule has 40 heavy (non-hydrogen) atoms. The molecule has 0 saturated carbocycles. The van der Waals surface area contributed by atoms with Crippen molar-refractivity contribution in [2.24, 2.45) is 0 Å². The van der Waals surface area contributed by atoms with Gasteiger partial charge < -0.3 is 30.9 Å². The highest BCUT2D eigenvalue weighted by Crippen LogP contribution is 2.22. The summed E-state index contributed by atoms with van der Waals surface area (Å²) >= 11 is 5.91. The number of nitrogens with one attached hydrogen (secondary N) is 4. The molecule has 0 aliphatic carbocycles. The minimum absolute atomic E-state index is 0.311. The molecule has 1 aromatic rings. The zero-order valence-electron chi connectivity index (χ0n) is 23.8. The lowest BCUT2D eigenvalue weighted by molar-refractivity contribution is -0.145. The molecule has 5 amide bonds. The van der Waals surface area contributed by atoms with Crippen molar-refractivity contribution >= 4 is 47.1 Å². The van der Waals surface area contributed by atoms with Crippen LogP contribution in [0, 0.1) is 0 Å². The molecule has 220 valence electrons. The fourth-order valence-electron chi connectivity index (χ4n) is 4.02. The Morgan fingerprint density at radius 2 is 1.43 bits per heavy atom. The van der Waals surface area contributed by atoms with E-state index in [0.29, 0.717) is 30.0 Å². The summed E-state index contributed by atoms with van der Waals surface area (Å²) in [6.07, 6.45) is 1.07. The number of carbonyl (C=O) groups is 6. The summed E-state index contributed by atoms with van der Waals surface area (Å²) in [5, 5.41) is 10.7. The zero-order chi connectivity index (χ0) is 30.4. The number of ether oxygens (including phenoxy) is 1. The Kier molecular flexibility index (Phi) is 10.7. The molecule has 12 nitrogen and oxygen atoms in total. The molecular weight excluding hydrogens is 542 g/mol. The van der Waals surface area contributed by atoms with Crippen molar-refractivity contribution in [3.05, 3.63) is 34.9 Å². The van der Waals surface area contributed by atoms with Crippen molar-refractivity contribution < 1.29 is 33.5 Å². The monoisotopic (exact) mass is 579 g/mol. The molecule has 1 saturated heterocycles. The second-order valence-corrected chi connectivity index (χ2v) is 11.2. The predicted molar refractivity (Wildman–Crippen MR) is 147 cm³/mol. The van der Waals surface area contributed by atoms with E-state index in [1.165, 1.54) is 53.6 Å². The number of nitrogens with zero attached hydrogens (tertiary/aromatic N) is 1. The Hall–Kier alpha value is -3.67. The fraction of sp³-hybridized carbons (Fsp3) is 0.556. The first-order chi connectivity index (χ1) is 18.5. The summed E-state index contributed by atoms with van der Waals surface area (Å²) in [5.74, 6) is -3.37. The van der Waals surface area contributed by atoms with Gasteiger partial charge in [-0.25, -0.2) is 4.79 Å². The van der Waals surface area contributed by atoms with Gasteiger partial charge in [0.05, 0.1) is 7.11 Å². The van der Waals surface area contributed by atoms with Crippen LogP contribution in [0.1, 0.15) is 64.7 Å². The highest BCUT2D eigenvalue weighted by molar-refractivity contribution is 6.30. The maximum atomic E-state index is 13.1. The van der Waals surface area contributed by atoms with E-state index < -0.39 is 58.8 Å². The van der Waals surface area contributed by atoms with Crippen LogP contribution in [-0.2, 0) is 28.7 Å². The second kappa shape index (κ2) is 13.1. The van der Waals surface area contributed by atoms with Crippen molar-refractivity contribution in [1.29, 1.82) is 0 Å². The van der Waals surface area contributed by atoms with Gasteiger partial charge in [-0.2, -0.15) is 0 Å². The van der Waals surface area contributed by atoms with E-state index in [1.807, 2.05) is 0 Å². The number of hydrogen-bond acceptors (Lipinski definition) is 7. The van der Waals surface area contributed by atoms with Crippen LogP contribution < -0.4 is 21.3 Å². The van der Waals surface area contributed by atoms with E-state index in [2.05, 4.69) is 26.0 Å². The zero-order valence-corrected chi connectivity index (χ0v) is 24.6. The van der Waals surface area contributed by atoms with E-state index in [1.54, 1.807) is 24.3 Å². The van der Waals surface area contributed by atoms with Crippen LogP contribution in [0.25, 0.3) is 0 Å². The van der Waals surface area contributed by atoms with Crippen LogP contribution in [0.5, 0.6) is 0 Å². The Bertz CT molecular complexity index is 1150. The lowest BCUT2D eigenvalue weighted by atomic mass is 10.0. The first kappa shape index (κ1) is 32.5. The van der Waals surface area contributed by atoms with Crippen LogP contribution in [-0.4, -0.2) is 83.3 Å². The van der Waals surface area contributed by atoms with Crippen molar-refractivity contribution in [1.82, 2.24) is 26.2 Å². The molecule has 4 N–H and O–H groups in total. The van der Waals surface area contributed by atoms with E-state index in [9.17, 15) is 28.8 Å². The average Bonchev–Trinajstić information content (AvgIpc) is 3.37. The van der Waals surface area contributed by atoms with Gasteiger partial charge in [-0.15, -0.1) is 0 Å². The van der Waals surface area contributed by atoms with E-state index in [4.69, 9.17) is 11.6 Å². The number of likely N-dealkylation sites (tertiary alicyclic amines) is 1. The van der Waals surface area contributed by atoms with E-state index in [-0.39, 0.29) is 5.91 Å². The van der Waals surface area contributed by atoms with Crippen LogP contribution in [0.3, 0.4) is 0 Å². The summed E-state index contributed by atoms with van der Waals surface area (Å²) < 4.78 is 4.58. The standard InChI is InChI=1S/C27H38ClN5O7/c1-15(20(34)31-26(3,4)25(39)30-16(2)23(37)40-7)29-24(38)27(5,6)32-21(35)19-9-8-14-33(19)22(36)17-10-12-18(28)13-11-17/h10-13,15-16,19H,8-9,14H2,1-7H3,(H,29,38)(H,30,39)(H,31,34)(H,32,35). The Labute approximate surface area is 238 Å². The van der Waals surface area contributed by atoms with Gasteiger partial charge in [0, 0.05) is 17.1 Å². The lowest BCUT2D eigenvalue weighted by Crippen LogP contribution is -2.63. The first-order valence-electron chi connectivity index (χ1n) is 12.9. The summed E-state index contributed by atoms with van der Waals surface area (Å²) in [7, 11) is 1.19. The third-order valence-electron chi connectivity index (χ3n) is 6.56. The molecule has 0 radical (unpaired) electrons. The van der Waals surface area contributed by atoms with Crippen LogP contribution in [0.2, 0.25) is 5.02 Å². The Morgan fingerprint density at radius 1 is 0.900 bits per heavy atom. The summed E-state index contributed by atoms with van der Waals surface area (Å²) in [4.78, 5) is 77.5. The number of carbonyl (C=O) groups excluding carboxylic acids is 6. The summed E-state index contributed by atoms with van der Waals surface area (Å²) in [6, 6.07) is 3.62. The largest absolute Gasteiger partial charge is 0.467 e. The molecule has 1 fully saturated rings. The van der Waals surface area contributed by atoms with Crippen molar-refractivity contribution in [2.45, 2.75) is 83.6 Å². The van der Waals surface area contributed by atoms with Crippen LogP contribution >= 0.6 is 11.6 Å². The second-order valence-electron chi connectivity index (χ2n) is 10.8. The molecule has 0 aromatic heterocycles. The SMILES string of the molecule is COC(=O)C(C)NC(=O)C(C)(C)NC(=O)C(C)NC(=O)C(C)(C)NC(=O)C1CCCN1C(=O)c1ccc(Cl)cc1. The normalized spacial score (nSPS) is 16.8. The minimum atomic E-state index is -1.42. The fourth-order valence-corrected chi connectivity index (χ4v) is 4.14. The number of rotatable bonds is 10. The molecule has 1 aliphatic rings. The molecule has 1 aromatic carbocycles. The number of methoxy groups -OCH3 is 1. The van der Waals surface area contributed by atoms with E-state index in [0.717, 1.165) is 0 Å². The molecule has 1 aliphatic heterocycles. The highest BCUT2D eigenvalue weighted by atomic mass is 35.5. The number of hydrogen-bond donors (Lipinski definition) is 4. The van der Waals surface area contributed by atoms with Gasteiger partial charge in [-0.1, -0.05) is 11.6 Å². The highest BCUT2D eigenvalue weighted by Gasteiger charge is 2.40. The maximum absolute atomic E-state index is 13.1. The summed E-state index contributed by atoms with van der Waals surface area (Å²) in [6.45, 7) is 9.13. The summed E-state index contributed by atoms with van der Waals surface area (Å²) in [5.41, 5.74) is -2.44. The van der Waals surface area contributed by atoms with Gasteiger partial charge in [-0.3, -0.25) is 24.0 Å². The van der Waals surface area contributed by atoms with Gasteiger partial charge in [0.25, 0.3) is 5.91 Å². The molecule has 0 bridgehead atoms. The smallest absolute Gasteiger partial charge is 0.328 e. The van der Waals surface area contributed by atoms with E-state index >= 15 is 0 Å². The maximum Gasteiger partial charge on any atom is 0.328 e. The van der Waals surface area contributed by atoms with Crippen LogP contribution in [0.4, 0.5) is 0 Å². The number of amides is 5. The van der Waals surface area contributed by atoms with Crippen molar-refractivity contribution in [2.75, 3.05) is 13.7 Å².